The highest BCUT2D eigenvalue weighted by molar-refractivity contribution is 6.03. The maximum Gasteiger partial charge on any atom is 0.280 e. The van der Waals surface area contributed by atoms with Crippen LogP contribution < -0.4 is 4.74 Å². The summed E-state index contributed by atoms with van der Waals surface area (Å²) in [7, 11) is 1.52. The summed E-state index contributed by atoms with van der Waals surface area (Å²) in [6.45, 7) is 0. The van der Waals surface area contributed by atoms with E-state index in [-0.39, 0.29) is 11.3 Å². The molecular formula is C19H13F2N5O. The smallest absolute Gasteiger partial charge is 0.280 e. The summed E-state index contributed by atoms with van der Waals surface area (Å²) in [5.41, 5.74) is 2.41. The van der Waals surface area contributed by atoms with E-state index in [1.807, 2.05) is 6.07 Å². The predicted molar refractivity (Wildman–Crippen MR) is 95.3 cm³/mol. The largest absolute Gasteiger partial charge is 0.497 e. The average molecular weight is 365 g/mol. The minimum Gasteiger partial charge on any atom is -0.497 e. The van der Waals surface area contributed by atoms with Crippen molar-refractivity contribution in [1.82, 2.24) is 20.2 Å². The van der Waals surface area contributed by atoms with Crippen molar-refractivity contribution in [3.63, 3.8) is 0 Å². The normalized spacial score (nSPS) is 11.1. The lowest BCUT2D eigenvalue weighted by atomic mass is 9.95. The fraction of sp³-hybridized carbons (Fsp3) is 0.105. The number of nitrogens with one attached hydrogen (secondary N) is 2. The van der Waals surface area contributed by atoms with Gasteiger partial charge in [0.2, 0.25) is 0 Å². The van der Waals surface area contributed by atoms with Crippen LogP contribution in [-0.4, -0.2) is 27.3 Å². The van der Waals surface area contributed by atoms with E-state index in [2.05, 4.69) is 26.2 Å². The molecule has 0 fully saturated rings. The van der Waals surface area contributed by atoms with Gasteiger partial charge in [-0.15, -0.1) is 0 Å². The molecule has 3 aromatic heterocycles. The molecule has 0 aliphatic carbocycles. The third-order valence-electron chi connectivity index (χ3n) is 4.34. The third-order valence-corrected chi connectivity index (χ3v) is 4.34. The van der Waals surface area contributed by atoms with Crippen molar-refractivity contribution < 1.29 is 13.5 Å². The number of nitriles is 1. The quantitative estimate of drug-likeness (QED) is 0.559. The summed E-state index contributed by atoms with van der Waals surface area (Å²) in [6, 6.07) is 10.7. The van der Waals surface area contributed by atoms with Crippen molar-refractivity contribution in [3.8, 4) is 34.2 Å². The molecule has 0 aliphatic rings. The number of aromatic amines is 2. The number of hydrogen-bond donors (Lipinski definition) is 2. The van der Waals surface area contributed by atoms with E-state index < -0.39 is 6.43 Å². The Balaban J connectivity index is 2.09. The number of pyridine rings is 1. The number of alkyl halides is 2. The van der Waals surface area contributed by atoms with Crippen LogP contribution in [0.2, 0.25) is 0 Å². The molecule has 8 heteroatoms. The van der Waals surface area contributed by atoms with Crippen molar-refractivity contribution in [2.24, 2.45) is 0 Å². The van der Waals surface area contributed by atoms with Gasteiger partial charge < -0.3 is 9.72 Å². The monoisotopic (exact) mass is 365 g/mol. The summed E-state index contributed by atoms with van der Waals surface area (Å²) >= 11 is 0. The molecule has 4 aromatic rings. The standard InChI is InChI=1S/C19H13F2N5O/c1-27-11-5-4-10(8-22)13(7-11)15-12-3-2-6-23-19(12)25-16(15)14-9-24-26-17(14)18(20)21/h2-7,9,18H,1H3,(H,23,25)(H,24,26). The number of methoxy groups -OCH3 is 1. The van der Waals surface area contributed by atoms with Gasteiger partial charge in [0.05, 0.1) is 30.6 Å². The molecule has 27 heavy (non-hydrogen) atoms. The molecule has 3 heterocycles. The van der Waals surface area contributed by atoms with E-state index in [9.17, 15) is 14.0 Å². The third kappa shape index (κ3) is 2.69. The number of rotatable bonds is 4. The number of H-pyrrole nitrogens is 2. The second-order valence-electron chi connectivity index (χ2n) is 5.80. The van der Waals surface area contributed by atoms with Crippen molar-refractivity contribution in [3.05, 3.63) is 54.0 Å². The maximum absolute atomic E-state index is 13.4. The van der Waals surface area contributed by atoms with Crippen LogP contribution in [0.4, 0.5) is 8.78 Å². The molecule has 6 nitrogen and oxygen atoms in total. The number of nitrogens with zero attached hydrogens (tertiary/aromatic N) is 3. The van der Waals surface area contributed by atoms with Crippen LogP contribution in [-0.2, 0) is 0 Å². The van der Waals surface area contributed by atoms with Gasteiger partial charge in [0, 0.05) is 28.3 Å². The summed E-state index contributed by atoms with van der Waals surface area (Å²) in [5.74, 6) is 0.550. The number of halogens is 2. The Kier molecular flexibility index (Phi) is 4.05. The molecule has 0 atom stereocenters. The second-order valence-corrected chi connectivity index (χ2v) is 5.80. The molecule has 134 valence electrons. The molecular weight excluding hydrogens is 352 g/mol. The number of benzene rings is 1. The lowest BCUT2D eigenvalue weighted by Crippen LogP contribution is -1.92. The molecule has 0 amide bonds. The summed E-state index contributed by atoms with van der Waals surface area (Å²) in [5, 5.41) is 16.4. The van der Waals surface area contributed by atoms with Crippen molar-refractivity contribution >= 4 is 11.0 Å². The van der Waals surface area contributed by atoms with Gasteiger partial charge in [0.15, 0.2) is 0 Å². The first-order valence-electron chi connectivity index (χ1n) is 8.01. The fourth-order valence-corrected chi connectivity index (χ4v) is 3.12. The van der Waals surface area contributed by atoms with E-state index in [4.69, 9.17) is 4.74 Å². The average Bonchev–Trinajstić information content (AvgIpc) is 3.31. The Bertz CT molecular complexity index is 1170. The molecule has 0 unspecified atom stereocenters. The molecule has 2 N–H and O–H groups in total. The Hall–Kier alpha value is -3.73. The van der Waals surface area contributed by atoms with Crippen molar-refractivity contribution in [1.29, 1.82) is 5.26 Å². The second kappa shape index (κ2) is 6.53. The van der Waals surface area contributed by atoms with Crippen molar-refractivity contribution in [2.75, 3.05) is 7.11 Å². The van der Waals surface area contributed by atoms with Crippen LogP contribution in [0.3, 0.4) is 0 Å². The van der Waals surface area contributed by atoms with Gasteiger partial charge in [0.1, 0.15) is 17.1 Å². The van der Waals surface area contributed by atoms with E-state index in [0.29, 0.717) is 39.2 Å². The summed E-state index contributed by atoms with van der Waals surface area (Å²) in [6.07, 6.45) is 0.213. The predicted octanol–water partition coefficient (Wildman–Crippen LogP) is 4.44. The highest BCUT2D eigenvalue weighted by atomic mass is 19.3. The van der Waals surface area contributed by atoms with Gasteiger partial charge in [-0.05, 0) is 30.3 Å². The van der Waals surface area contributed by atoms with Crippen LogP contribution in [0, 0.1) is 11.3 Å². The molecule has 1 aromatic carbocycles. The van der Waals surface area contributed by atoms with E-state index in [1.165, 1.54) is 13.3 Å². The first-order chi connectivity index (χ1) is 13.1. The van der Waals surface area contributed by atoms with E-state index >= 15 is 0 Å². The number of fused-ring (bicyclic) bond motifs is 1. The minimum absolute atomic E-state index is 0.227. The molecule has 0 saturated heterocycles. The van der Waals surface area contributed by atoms with Gasteiger partial charge in [-0.25, -0.2) is 13.8 Å². The van der Waals surface area contributed by atoms with Crippen LogP contribution in [0.5, 0.6) is 5.75 Å². The van der Waals surface area contributed by atoms with Crippen molar-refractivity contribution in [2.45, 2.75) is 6.43 Å². The Morgan fingerprint density at radius 1 is 1.22 bits per heavy atom. The lowest BCUT2D eigenvalue weighted by Gasteiger charge is -2.09. The van der Waals surface area contributed by atoms with Gasteiger partial charge >= 0.3 is 0 Å². The van der Waals surface area contributed by atoms with Crippen LogP contribution in [0.1, 0.15) is 17.7 Å². The first-order valence-corrected chi connectivity index (χ1v) is 8.01. The minimum atomic E-state index is -2.73. The van der Waals surface area contributed by atoms with Gasteiger partial charge in [-0.3, -0.25) is 5.10 Å². The van der Waals surface area contributed by atoms with E-state index in [0.717, 1.165) is 0 Å². The summed E-state index contributed by atoms with van der Waals surface area (Å²) in [4.78, 5) is 7.38. The zero-order valence-corrected chi connectivity index (χ0v) is 14.1. The van der Waals surface area contributed by atoms with Crippen LogP contribution in [0.15, 0.2) is 42.7 Å². The molecule has 0 saturated carbocycles. The number of aromatic nitrogens is 4. The molecule has 0 spiro atoms. The van der Waals surface area contributed by atoms with Gasteiger partial charge in [-0.1, -0.05) is 0 Å². The molecule has 0 radical (unpaired) electrons. The Labute approximate surface area is 152 Å². The SMILES string of the molecule is COc1ccc(C#N)c(-c2c(-c3cn[nH]c3C(F)F)[nH]c3ncccc23)c1. The van der Waals surface area contributed by atoms with Gasteiger partial charge in [0.25, 0.3) is 6.43 Å². The van der Waals surface area contributed by atoms with Gasteiger partial charge in [-0.2, -0.15) is 10.4 Å². The van der Waals surface area contributed by atoms with E-state index in [1.54, 1.807) is 30.5 Å². The Morgan fingerprint density at radius 2 is 2.07 bits per heavy atom. The fourth-order valence-electron chi connectivity index (χ4n) is 3.12. The first kappa shape index (κ1) is 16.7. The van der Waals surface area contributed by atoms with Crippen LogP contribution >= 0.6 is 0 Å². The number of hydrogen-bond acceptors (Lipinski definition) is 4. The van der Waals surface area contributed by atoms with Crippen LogP contribution in [0.25, 0.3) is 33.4 Å². The zero-order chi connectivity index (χ0) is 19.0. The highest BCUT2D eigenvalue weighted by Gasteiger charge is 2.24. The zero-order valence-electron chi connectivity index (χ0n) is 14.1. The number of ether oxygens (including phenoxy) is 1. The topological polar surface area (TPSA) is 90.4 Å². The summed E-state index contributed by atoms with van der Waals surface area (Å²) < 4.78 is 32.1. The lowest BCUT2D eigenvalue weighted by molar-refractivity contribution is 0.146. The highest BCUT2D eigenvalue weighted by Crippen LogP contribution is 2.42. The molecule has 0 bridgehead atoms. The molecule has 0 aliphatic heterocycles. The Morgan fingerprint density at radius 3 is 2.81 bits per heavy atom. The molecule has 4 rings (SSSR count). The maximum atomic E-state index is 13.4.